The van der Waals surface area contributed by atoms with Gasteiger partial charge in [-0.3, -0.25) is 4.79 Å². The van der Waals surface area contributed by atoms with Crippen LogP contribution in [0.5, 0.6) is 11.5 Å². The average Bonchev–Trinajstić information content (AvgIpc) is 3.32. The number of nitrogens with zero attached hydrogens (tertiary/aromatic N) is 3. The number of benzene rings is 3. The summed E-state index contributed by atoms with van der Waals surface area (Å²) in [5.74, 6) is 4.33. The monoisotopic (exact) mass is 589 g/mol. The Morgan fingerprint density at radius 1 is 1.14 bits per heavy atom. The molecule has 3 aromatic carbocycles. The summed E-state index contributed by atoms with van der Waals surface area (Å²) in [6.07, 6.45) is 6.93. The molecule has 5 rings (SSSR count). The summed E-state index contributed by atoms with van der Waals surface area (Å²) >= 11 is 2.16. The number of hydrogen-bond donors (Lipinski definition) is 0. The van der Waals surface area contributed by atoms with E-state index in [-0.39, 0.29) is 12.2 Å². The first-order valence-electron chi connectivity index (χ1n) is 11.2. The normalized spacial score (nSPS) is 11.2. The number of fused-ring (bicyclic) bond motifs is 2. The topological polar surface area (TPSA) is 78.9 Å². The Balaban J connectivity index is 1.65. The van der Waals surface area contributed by atoms with Gasteiger partial charge in [0.05, 0.1) is 27.3 Å². The van der Waals surface area contributed by atoms with Gasteiger partial charge in [-0.2, -0.15) is 9.78 Å². The molecule has 8 heteroatoms. The Kier molecular flexibility index (Phi) is 6.73. The van der Waals surface area contributed by atoms with Crippen LogP contribution in [-0.4, -0.2) is 29.1 Å². The van der Waals surface area contributed by atoms with E-state index in [2.05, 4.69) is 33.6 Å². The molecule has 7 nitrogen and oxygen atoms in total. The fourth-order valence-electron chi connectivity index (χ4n) is 3.79. The summed E-state index contributed by atoms with van der Waals surface area (Å²) in [7, 11) is 0. The molecule has 0 aliphatic carbocycles. The number of para-hydroxylation sites is 2. The third-order valence-corrected chi connectivity index (χ3v) is 6.15. The molecular formula is C28H20IN3O4. The van der Waals surface area contributed by atoms with Crippen molar-refractivity contribution in [1.82, 2.24) is 9.66 Å². The van der Waals surface area contributed by atoms with Crippen LogP contribution in [0.2, 0.25) is 0 Å². The zero-order chi connectivity index (χ0) is 25.1. The minimum atomic E-state index is -0.305. The first kappa shape index (κ1) is 23.6. The van der Waals surface area contributed by atoms with Crippen LogP contribution < -0.4 is 15.0 Å². The molecule has 5 aromatic rings. The van der Waals surface area contributed by atoms with Gasteiger partial charge in [-0.15, -0.1) is 6.42 Å². The van der Waals surface area contributed by atoms with Crippen LogP contribution in [0, 0.1) is 15.9 Å². The molecule has 0 radical (unpaired) electrons. The number of terminal acetylenes is 1. The van der Waals surface area contributed by atoms with Crippen molar-refractivity contribution in [1.29, 1.82) is 0 Å². The van der Waals surface area contributed by atoms with E-state index in [1.54, 1.807) is 30.5 Å². The van der Waals surface area contributed by atoms with Crippen molar-refractivity contribution in [3.8, 4) is 35.4 Å². The lowest BCUT2D eigenvalue weighted by Gasteiger charge is -2.13. The summed E-state index contributed by atoms with van der Waals surface area (Å²) in [6, 6.07) is 20.3. The van der Waals surface area contributed by atoms with Crippen LogP contribution in [0.1, 0.15) is 12.5 Å². The van der Waals surface area contributed by atoms with Gasteiger partial charge in [0.15, 0.2) is 17.3 Å². The Labute approximate surface area is 220 Å². The Hall–Kier alpha value is -4.10. The van der Waals surface area contributed by atoms with Gasteiger partial charge in [0.25, 0.3) is 5.56 Å². The maximum absolute atomic E-state index is 13.5. The van der Waals surface area contributed by atoms with Crippen LogP contribution in [0.3, 0.4) is 0 Å². The van der Waals surface area contributed by atoms with Crippen molar-refractivity contribution in [2.75, 3.05) is 13.2 Å². The lowest BCUT2D eigenvalue weighted by molar-refractivity contribution is 0.298. The molecule has 0 aliphatic heterocycles. The number of hydrogen-bond acceptors (Lipinski definition) is 6. The minimum Gasteiger partial charge on any atom is -0.490 e. The molecule has 0 fully saturated rings. The van der Waals surface area contributed by atoms with E-state index >= 15 is 0 Å². The van der Waals surface area contributed by atoms with Gasteiger partial charge < -0.3 is 13.9 Å². The van der Waals surface area contributed by atoms with Crippen molar-refractivity contribution in [3.05, 3.63) is 86.2 Å². The van der Waals surface area contributed by atoms with Gasteiger partial charge in [0.2, 0.25) is 5.82 Å². The van der Waals surface area contributed by atoms with Crippen LogP contribution in [0.4, 0.5) is 0 Å². The average molecular weight is 589 g/mol. The van der Waals surface area contributed by atoms with Gasteiger partial charge >= 0.3 is 0 Å². The summed E-state index contributed by atoms with van der Waals surface area (Å²) in [4.78, 5) is 18.2. The van der Waals surface area contributed by atoms with Gasteiger partial charge in [-0.25, -0.2) is 4.98 Å². The molecule has 0 atom stereocenters. The first-order chi connectivity index (χ1) is 17.6. The van der Waals surface area contributed by atoms with E-state index in [0.717, 1.165) is 8.96 Å². The minimum absolute atomic E-state index is 0.128. The van der Waals surface area contributed by atoms with Gasteiger partial charge in [-0.05, 0) is 71.5 Å². The summed E-state index contributed by atoms with van der Waals surface area (Å²) in [6.45, 7) is 2.47. The largest absolute Gasteiger partial charge is 0.490 e. The standard InChI is InChI=1S/C28H20IN3O4/c1-3-13-35-26-21(29)14-18(15-24(26)34-4-2)17-30-32-27(25-16-19-9-5-8-12-23(19)36-25)31-22-11-7-6-10-20(22)28(32)33/h1,5-12,14-17H,4,13H2,2H3. The summed E-state index contributed by atoms with van der Waals surface area (Å²) in [5.41, 5.74) is 1.67. The molecule has 178 valence electrons. The molecule has 0 aliphatic rings. The lowest BCUT2D eigenvalue weighted by atomic mass is 10.2. The Morgan fingerprint density at radius 3 is 2.75 bits per heavy atom. The predicted molar refractivity (Wildman–Crippen MR) is 149 cm³/mol. The highest BCUT2D eigenvalue weighted by molar-refractivity contribution is 14.1. The van der Waals surface area contributed by atoms with Gasteiger partial charge in [-0.1, -0.05) is 36.3 Å². The number of ether oxygens (including phenoxy) is 2. The highest BCUT2D eigenvalue weighted by atomic mass is 127. The molecule has 0 unspecified atom stereocenters. The van der Waals surface area contributed by atoms with E-state index < -0.39 is 0 Å². The quantitative estimate of drug-likeness (QED) is 0.138. The lowest BCUT2D eigenvalue weighted by Crippen LogP contribution is -2.20. The first-order valence-corrected chi connectivity index (χ1v) is 12.2. The highest BCUT2D eigenvalue weighted by Crippen LogP contribution is 2.34. The number of halogens is 1. The van der Waals surface area contributed by atoms with Crippen molar-refractivity contribution < 1.29 is 13.9 Å². The number of rotatable bonds is 7. The number of furan rings is 1. The van der Waals surface area contributed by atoms with E-state index in [1.165, 1.54) is 4.68 Å². The third-order valence-electron chi connectivity index (χ3n) is 5.35. The zero-order valence-corrected chi connectivity index (χ0v) is 21.4. The maximum atomic E-state index is 13.5. The van der Waals surface area contributed by atoms with Crippen molar-refractivity contribution in [3.63, 3.8) is 0 Å². The molecule has 0 bridgehead atoms. The smallest absolute Gasteiger partial charge is 0.282 e. The molecule has 2 aromatic heterocycles. The zero-order valence-electron chi connectivity index (χ0n) is 19.3. The second-order valence-electron chi connectivity index (χ2n) is 7.72. The highest BCUT2D eigenvalue weighted by Gasteiger charge is 2.17. The molecular weight excluding hydrogens is 569 g/mol. The van der Waals surface area contributed by atoms with E-state index in [0.29, 0.717) is 51.7 Å². The molecule has 0 amide bonds. The second kappa shape index (κ2) is 10.3. The number of aromatic nitrogens is 2. The summed E-state index contributed by atoms with van der Waals surface area (Å²) in [5, 5.41) is 5.89. The molecule has 0 saturated carbocycles. The van der Waals surface area contributed by atoms with Crippen LogP contribution >= 0.6 is 22.6 Å². The Bertz CT molecular complexity index is 1680. The maximum Gasteiger partial charge on any atom is 0.282 e. The van der Waals surface area contributed by atoms with Crippen LogP contribution in [0.25, 0.3) is 33.5 Å². The van der Waals surface area contributed by atoms with Gasteiger partial charge in [0, 0.05) is 5.39 Å². The fraction of sp³-hybridized carbons (Fsp3) is 0.107. The second-order valence-corrected chi connectivity index (χ2v) is 8.88. The molecule has 36 heavy (non-hydrogen) atoms. The molecule has 0 spiro atoms. The van der Waals surface area contributed by atoms with Crippen molar-refractivity contribution in [2.24, 2.45) is 5.10 Å². The van der Waals surface area contributed by atoms with Crippen LogP contribution in [0.15, 0.2) is 81.0 Å². The Morgan fingerprint density at radius 2 is 1.94 bits per heavy atom. The third kappa shape index (κ3) is 4.57. The van der Waals surface area contributed by atoms with Gasteiger partial charge in [0.1, 0.15) is 12.2 Å². The summed E-state index contributed by atoms with van der Waals surface area (Å²) < 4.78 is 19.5. The van der Waals surface area contributed by atoms with Crippen LogP contribution in [-0.2, 0) is 0 Å². The molecule has 0 N–H and O–H groups in total. The molecule has 0 saturated heterocycles. The van der Waals surface area contributed by atoms with Crippen molar-refractivity contribution >= 4 is 50.7 Å². The molecule has 2 heterocycles. The van der Waals surface area contributed by atoms with Crippen molar-refractivity contribution in [2.45, 2.75) is 6.92 Å². The van der Waals surface area contributed by atoms with E-state index in [9.17, 15) is 4.79 Å². The van der Waals surface area contributed by atoms with E-state index in [1.807, 2.05) is 49.4 Å². The fourth-order valence-corrected chi connectivity index (χ4v) is 4.57. The SMILES string of the molecule is C#CCOc1c(I)cc(C=Nn2c(-c3cc4ccccc4o3)nc3ccccc3c2=O)cc1OCC. The predicted octanol–water partition coefficient (Wildman–Crippen LogP) is 5.71. The van der Waals surface area contributed by atoms with E-state index in [4.69, 9.17) is 25.3 Å².